The van der Waals surface area contributed by atoms with Crippen molar-refractivity contribution in [3.63, 3.8) is 0 Å². The molecule has 0 spiro atoms. The SMILES string of the molecule is CC(C)CC1(CNc2nccnc2Cl)CCCC1. The number of hydrogen-bond donors (Lipinski definition) is 1. The van der Waals surface area contributed by atoms with E-state index in [4.69, 9.17) is 11.6 Å². The minimum absolute atomic E-state index is 0.426. The first-order valence-electron chi connectivity index (χ1n) is 6.82. The highest BCUT2D eigenvalue weighted by Gasteiger charge is 2.34. The molecule has 0 saturated heterocycles. The Labute approximate surface area is 114 Å². The summed E-state index contributed by atoms with van der Waals surface area (Å²) in [7, 11) is 0. The van der Waals surface area contributed by atoms with E-state index in [-0.39, 0.29) is 0 Å². The third-order valence-corrected chi connectivity index (χ3v) is 4.07. The molecule has 0 atom stereocenters. The normalized spacial score (nSPS) is 18.2. The van der Waals surface area contributed by atoms with Crippen LogP contribution in [0.3, 0.4) is 0 Å². The van der Waals surface area contributed by atoms with E-state index in [1.165, 1.54) is 32.1 Å². The molecule has 1 aliphatic carbocycles. The molecule has 0 aliphatic heterocycles. The summed E-state index contributed by atoms with van der Waals surface area (Å²) in [6.45, 7) is 5.56. The van der Waals surface area contributed by atoms with Gasteiger partial charge in [-0.2, -0.15) is 0 Å². The third-order valence-electron chi connectivity index (χ3n) is 3.79. The Morgan fingerprint density at radius 2 is 1.94 bits per heavy atom. The van der Waals surface area contributed by atoms with E-state index < -0.39 is 0 Å². The lowest BCUT2D eigenvalue weighted by Crippen LogP contribution is -2.28. The quantitative estimate of drug-likeness (QED) is 0.871. The second kappa shape index (κ2) is 5.87. The van der Waals surface area contributed by atoms with Crippen molar-refractivity contribution in [2.24, 2.45) is 11.3 Å². The largest absolute Gasteiger partial charge is 0.367 e. The van der Waals surface area contributed by atoms with Gasteiger partial charge in [0.15, 0.2) is 11.0 Å². The molecule has 1 aromatic rings. The Bertz CT molecular complexity index is 386. The Hall–Kier alpha value is -0.830. The van der Waals surface area contributed by atoms with Gasteiger partial charge in [-0.3, -0.25) is 0 Å². The zero-order chi connectivity index (χ0) is 13.0. The minimum Gasteiger partial charge on any atom is -0.367 e. The molecule has 1 fully saturated rings. The van der Waals surface area contributed by atoms with Crippen LogP contribution in [0.1, 0.15) is 46.0 Å². The Kier molecular flexibility index (Phi) is 4.44. The van der Waals surface area contributed by atoms with Crippen LogP contribution in [0.25, 0.3) is 0 Å². The molecule has 0 amide bonds. The minimum atomic E-state index is 0.426. The van der Waals surface area contributed by atoms with Gasteiger partial charge < -0.3 is 5.32 Å². The van der Waals surface area contributed by atoms with Crippen LogP contribution in [-0.4, -0.2) is 16.5 Å². The summed E-state index contributed by atoms with van der Waals surface area (Å²) in [6, 6.07) is 0. The summed E-state index contributed by atoms with van der Waals surface area (Å²) in [5.74, 6) is 1.46. The van der Waals surface area contributed by atoms with Crippen LogP contribution in [0, 0.1) is 11.3 Å². The van der Waals surface area contributed by atoms with Gasteiger partial charge in [0.1, 0.15) is 0 Å². The predicted octanol–water partition coefficient (Wildman–Crippen LogP) is 4.15. The van der Waals surface area contributed by atoms with Crippen molar-refractivity contribution < 1.29 is 0 Å². The molecule has 1 aliphatic rings. The van der Waals surface area contributed by atoms with E-state index in [0.29, 0.717) is 16.4 Å². The van der Waals surface area contributed by atoms with Crippen LogP contribution in [0.2, 0.25) is 5.15 Å². The van der Waals surface area contributed by atoms with E-state index in [1.807, 2.05) is 0 Å². The number of halogens is 1. The number of nitrogens with one attached hydrogen (secondary N) is 1. The Morgan fingerprint density at radius 3 is 2.56 bits per heavy atom. The molecule has 2 rings (SSSR count). The summed E-state index contributed by atoms with van der Waals surface area (Å²) in [5.41, 5.74) is 0.426. The molecule has 18 heavy (non-hydrogen) atoms. The zero-order valence-electron chi connectivity index (χ0n) is 11.2. The first-order valence-corrected chi connectivity index (χ1v) is 7.19. The zero-order valence-corrected chi connectivity index (χ0v) is 12.0. The van der Waals surface area contributed by atoms with Crippen LogP contribution in [0.5, 0.6) is 0 Å². The van der Waals surface area contributed by atoms with Gasteiger partial charge in [0, 0.05) is 18.9 Å². The molecule has 100 valence electrons. The molecule has 0 bridgehead atoms. The Morgan fingerprint density at radius 1 is 1.28 bits per heavy atom. The standard InChI is InChI=1S/C14H22ClN3/c1-11(2)9-14(5-3-4-6-14)10-18-13-12(15)16-7-8-17-13/h7-8,11H,3-6,9-10H2,1-2H3,(H,17,18). The van der Waals surface area contributed by atoms with Crippen molar-refractivity contribution in [2.75, 3.05) is 11.9 Å². The fraction of sp³-hybridized carbons (Fsp3) is 0.714. The number of nitrogens with zero attached hydrogens (tertiary/aromatic N) is 2. The second-order valence-electron chi connectivity index (χ2n) is 5.85. The molecule has 1 saturated carbocycles. The molecular weight excluding hydrogens is 246 g/mol. The summed E-state index contributed by atoms with van der Waals surface area (Å²) >= 11 is 6.02. The predicted molar refractivity (Wildman–Crippen MR) is 75.9 cm³/mol. The maximum atomic E-state index is 6.02. The van der Waals surface area contributed by atoms with Crippen LogP contribution < -0.4 is 5.32 Å². The van der Waals surface area contributed by atoms with Gasteiger partial charge in [0.25, 0.3) is 0 Å². The molecule has 0 aromatic carbocycles. The van der Waals surface area contributed by atoms with Gasteiger partial charge >= 0.3 is 0 Å². The number of hydrogen-bond acceptors (Lipinski definition) is 3. The lowest BCUT2D eigenvalue weighted by atomic mass is 9.78. The molecule has 0 radical (unpaired) electrons. The van der Waals surface area contributed by atoms with Crippen molar-refractivity contribution in [1.82, 2.24) is 9.97 Å². The highest BCUT2D eigenvalue weighted by Crippen LogP contribution is 2.43. The van der Waals surface area contributed by atoms with Crippen molar-refractivity contribution in [3.05, 3.63) is 17.5 Å². The maximum absolute atomic E-state index is 6.02. The highest BCUT2D eigenvalue weighted by molar-refractivity contribution is 6.31. The molecular formula is C14H22ClN3. The first-order chi connectivity index (χ1) is 8.61. The van der Waals surface area contributed by atoms with Crippen LogP contribution in [0.4, 0.5) is 5.82 Å². The number of rotatable bonds is 5. The number of aromatic nitrogens is 2. The highest BCUT2D eigenvalue weighted by atomic mass is 35.5. The van der Waals surface area contributed by atoms with Crippen LogP contribution in [0.15, 0.2) is 12.4 Å². The average Bonchev–Trinajstić information content (AvgIpc) is 2.76. The molecule has 1 N–H and O–H groups in total. The molecule has 1 aromatic heterocycles. The monoisotopic (exact) mass is 267 g/mol. The van der Waals surface area contributed by atoms with Gasteiger partial charge in [-0.25, -0.2) is 9.97 Å². The first kappa shape index (κ1) is 13.6. The Balaban J connectivity index is 2.00. The van der Waals surface area contributed by atoms with E-state index in [0.717, 1.165) is 12.5 Å². The number of anilines is 1. The molecule has 4 heteroatoms. The van der Waals surface area contributed by atoms with Gasteiger partial charge in [-0.15, -0.1) is 0 Å². The molecule has 3 nitrogen and oxygen atoms in total. The summed E-state index contributed by atoms with van der Waals surface area (Å²) in [4.78, 5) is 8.29. The van der Waals surface area contributed by atoms with E-state index >= 15 is 0 Å². The van der Waals surface area contributed by atoms with Crippen molar-refractivity contribution in [3.8, 4) is 0 Å². The second-order valence-corrected chi connectivity index (χ2v) is 6.21. The van der Waals surface area contributed by atoms with E-state index in [9.17, 15) is 0 Å². The van der Waals surface area contributed by atoms with Crippen molar-refractivity contribution >= 4 is 17.4 Å². The van der Waals surface area contributed by atoms with Gasteiger partial charge in [-0.1, -0.05) is 38.3 Å². The maximum Gasteiger partial charge on any atom is 0.171 e. The fourth-order valence-corrected chi connectivity index (χ4v) is 3.33. The molecule has 1 heterocycles. The topological polar surface area (TPSA) is 37.8 Å². The lowest BCUT2D eigenvalue weighted by molar-refractivity contribution is 0.252. The fourth-order valence-electron chi connectivity index (χ4n) is 3.15. The summed E-state index contributed by atoms with van der Waals surface area (Å²) in [6.07, 6.45) is 9.90. The van der Waals surface area contributed by atoms with Crippen molar-refractivity contribution in [1.29, 1.82) is 0 Å². The van der Waals surface area contributed by atoms with Gasteiger partial charge in [0.2, 0.25) is 0 Å². The van der Waals surface area contributed by atoms with Crippen LogP contribution >= 0.6 is 11.6 Å². The van der Waals surface area contributed by atoms with E-state index in [2.05, 4.69) is 29.1 Å². The smallest absolute Gasteiger partial charge is 0.171 e. The lowest BCUT2D eigenvalue weighted by Gasteiger charge is -2.31. The summed E-state index contributed by atoms with van der Waals surface area (Å²) in [5, 5.41) is 3.86. The van der Waals surface area contributed by atoms with Crippen molar-refractivity contribution in [2.45, 2.75) is 46.0 Å². The third kappa shape index (κ3) is 3.35. The van der Waals surface area contributed by atoms with Gasteiger partial charge in [-0.05, 0) is 30.6 Å². The van der Waals surface area contributed by atoms with Crippen LogP contribution in [-0.2, 0) is 0 Å². The van der Waals surface area contributed by atoms with E-state index in [1.54, 1.807) is 12.4 Å². The van der Waals surface area contributed by atoms with Gasteiger partial charge in [0.05, 0.1) is 0 Å². The summed E-state index contributed by atoms with van der Waals surface area (Å²) < 4.78 is 0. The average molecular weight is 268 g/mol. The molecule has 0 unspecified atom stereocenters.